The largest absolute Gasteiger partial charge is 0.355 e. The number of hydrogen-bond acceptors (Lipinski definition) is 2. The molecule has 8 rings (SSSR count). The van der Waals surface area contributed by atoms with Gasteiger partial charge in [0.15, 0.2) is 0 Å². The molecule has 222 valence electrons. The molecule has 0 saturated heterocycles. The van der Waals surface area contributed by atoms with Crippen molar-refractivity contribution in [1.82, 2.24) is 19.9 Å². The second kappa shape index (κ2) is 11.4. The van der Waals surface area contributed by atoms with E-state index in [2.05, 4.69) is 169 Å². The predicted molar refractivity (Wildman–Crippen MR) is 197 cm³/mol. The van der Waals surface area contributed by atoms with Gasteiger partial charge in [-0.1, -0.05) is 109 Å². The van der Waals surface area contributed by atoms with Crippen molar-refractivity contribution in [3.05, 3.63) is 150 Å². The minimum atomic E-state index is -1.93. The van der Waals surface area contributed by atoms with Crippen LogP contribution in [0.2, 0.25) is 13.1 Å². The van der Waals surface area contributed by atoms with Crippen LogP contribution in [0.15, 0.2) is 121 Å². The van der Waals surface area contributed by atoms with E-state index >= 15 is 0 Å². The normalized spacial score (nSPS) is 12.5. The van der Waals surface area contributed by atoms with E-state index in [1.54, 1.807) is 0 Å². The molecule has 8 bridgehead atoms. The highest BCUT2D eigenvalue weighted by Crippen LogP contribution is 2.34. The van der Waals surface area contributed by atoms with Crippen LogP contribution in [0, 0.1) is 0 Å². The van der Waals surface area contributed by atoms with Gasteiger partial charge in [-0.05, 0) is 71.8 Å². The Morgan fingerprint density at radius 2 is 0.935 bits per heavy atom. The molecular formula is C41H34N4Si. The third kappa shape index (κ3) is 5.25. The van der Waals surface area contributed by atoms with E-state index in [0.29, 0.717) is 0 Å². The number of nitrogens with one attached hydrogen (secondary N) is 2. The first-order valence-corrected chi connectivity index (χ1v) is 19.0. The summed E-state index contributed by atoms with van der Waals surface area (Å²) in [4.78, 5) is 18.1. The molecule has 0 spiro atoms. The Bertz CT molecular complexity index is 2160. The van der Waals surface area contributed by atoms with Gasteiger partial charge in [-0.15, -0.1) is 0 Å². The maximum atomic E-state index is 5.38. The molecule has 2 N–H and O–H groups in total. The fraction of sp³-hybridized carbons (Fsp3) is 0.0732. The zero-order chi connectivity index (χ0) is 31.1. The maximum absolute atomic E-state index is 5.38. The van der Waals surface area contributed by atoms with Crippen LogP contribution in [-0.4, -0.2) is 28.0 Å². The van der Waals surface area contributed by atoms with Crippen molar-refractivity contribution >= 4 is 59.6 Å². The number of aromatic nitrogens is 4. The van der Waals surface area contributed by atoms with Crippen molar-refractivity contribution in [3.63, 3.8) is 0 Å². The number of H-pyrrole nitrogens is 2. The van der Waals surface area contributed by atoms with E-state index in [0.717, 1.165) is 73.1 Å². The van der Waals surface area contributed by atoms with Crippen LogP contribution < -0.4 is 5.19 Å². The molecule has 0 amide bonds. The lowest BCUT2D eigenvalue weighted by Gasteiger charge is -2.23. The molecule has 0 unspecified atom stereocenters. The number of fused-ring (bicyclic) bond motifs is 8. The Morgan fingerprint density at radius 1 is 0.500 bits per heavy atom. The Balaban J connectivity index is 1.48. The van der Waals surface area contributed by atoms with Crippen LogP contribution in [0.1, 0.15) is 28.3 Å². The fourth-order valence-electron chi connectivity index (χ4n) is 6.63. The minimum Gasteiger partial charge on any atom is -0.355 e. The van der Waals surface area contributed by atoms with E-state index < -0.39 is 8.07 Å². The fourth-order valence-corrected chi connectivity index (χ4v) is 9.17. The molecule has 0 atom stereocenters. The quantitative estimate of drug-likeness (QED) is 0.191. The second-order valence-corrected chi connectivity index (χ2v) is 17.3. The molecule has 5 heterocycles. The van der Waals surface area contributed by atoms with Crippen LogP contribution in [-0.2, 0) is 6.04 Å². The molecule has 0 fully saturated rings. The van der Waals surface area contributed by atoms with Crippen LogP contribution in [0.25, 0.3) is 68.6 Å². The lowest BCUT2D eigenvalue weighted by atomic mass is 10.0. The molecule has 5 heteroatoms. The highest BCUT2D eigenvalue weighted by atomic mass is 28.3. The van der Waals surface area contributed by atoms with Gasteiger partial charge in [0.05, 0.1) is 30.8 Å². The number of aromatic amines is 2. The number of nitrogens with zero attached hydrogens (tertiary/aromatic N) is 2. The SMILES string of the molecule is C[Si](C)(Cc1c2nc(c(-c3ccccc3)c3ccc(cc4ccc([nH]4)c(-c4ccccc4)c4nc1C=C4)[nH]3)C=C2)c1ccccc1. The van der Waals surface area contributed by atoms with Gasteiger partial charge in [-0.2, -0.15) is 0 Å². The Kier molecular flexibility index (Phi) is 6.96. The molecule has 46 heavy (non-hydrogen) atoms. The molecule has 3 aromatic carbocycles. The monoisotopic (exact) mass is 610 g/mol. The van der Waals surface area contributed by atoms with Crippen molar-refractivity contribution in [2.24, 2.45) is 0 Å². The van der Waals surface area contributed by atoms with E-state index in [-0.39, 0.29) is 0 Å². The summed E-state index contributed by atoms with van der Waals surface area (Å²) in [6.45, 7) is 4.89. The van der Waals surface area contributed by atoms with Crippen molar-refractivity contribution in [2.45, 2.75) is 19.1 Å². The summed E-state index contributed by atoms with van der Waals surface area (Å²) in [6.07, 6.45) is 8.70. The van der Waals surface area contributed by atoms with Crippen LogP contribution >= 0.6 is 0 Å². The third-order valence-electron chi connectivity index (χ3n) is 8.98. The number of benzene rings is 3. The second-order valence-electron chi connectivity index (χ2n) is 12.6. The highest BCUT2D eigenvalue weighted by Gasteiger charge is 2.27. The standard InChI is InChI=1S/C41H34N4Si/c1-46(2,32-16-10-5-11-17-32)27-33-34-22-24-38(44-34)40(28-12-6-3-7-13-28)36-20-18-30(42-36)26-31-19-21-37(43-31)41(29-14-8-4-9-15-29)39-25-23-35(33)45-39/h3-26,42-43H,27H2,1-2H3. The number of rotatable bonds is 5. The molecule has 0 saturated carbocycles. The van der Waals surface area contributed by atoms with E-state index in [4.69, 9.17) is 9.97 Å². The topological polar surface area (TPSA) is 57.4 Å². The van der Waals surface area contributed by atoms with E-state index in [1.807, 2.05) is 0 Å². The molecule has 4 nitrogen and oxygen atoms in total. The Hall–Kier alpha value is -5.52. The molecule has 2 aliphatic rings. The summed E-state index contributed by atoms with van der Waals surface area (Å²) >= 11 is 0. The van der Waals surface area contributed by atoms with Gasteiger partial charge in [0.25, 0.3) is 0 Å². The van der Waals surface area contributed by atoms with Crippen molar-refractivity contribution in [2.75, 3.05) is 0 Å². The van der Waals surface area contributed by atoms with E-state index in [9.17, 15) is 0 Å². The van der Waals surface area contributed by atoms with Crippen molar-refractivity contribution < 1.29 is 0 Å². The summed E-state index contributed by atoms with van der Waals surface area (Å²) in [7, 11) is -1.93. The van der Waals surface area contributed by atoms with Crippen LogP contribution in [0.3, 0.4) is 0 Å². The first-order chi connectivity index (χ1) is 22.5. The minimum absolute atomic E-state index is 0.916. The smallest absolute Gasteiger partial charge is 0.0850 e. The van der Waals surface area contributed by atoms with Gasteiger partial charge in [-0.25, -0.2) is 9.97 Å². The van der Waals surface area contributed by atoms with Gasteiger partial charge in [0.2, 0.25) is 0 Å². The average molecular weight is 611 g/mol. The molecule has 6 aromatic rings. The lowest BCUT2D eigenvalue weighted by Crippen LogP contribution is -2.44. The first kappa shape index (κ1) is 28.0. The van der Waals surface area contributed by atoms with Crippen LogP contribution in [0.4, 0.5) is 0 Å². The van der Waals surface area contributed by atoms with Gasteiger partial charge in [0, 0.05) is 38.8 Å². The summed E-state index contributed by atoms with van der Waals surface area (Å²) in [5, 5.41) is 1.43. The molecule has 3 aromatic heterocycles. The molecule has 0 aliphatic carbocycles. The van der Waals surface area contributed by atoms with Gasteiger partial charge >= 0.3 is 0 Å². The molecular weight excluding hydrogens is 577 g/mol. The van der Waals surface area contributed by atoms with Gasteiger partial charge in [-0.3, -0.25) is 0 Å². The van der Waals surface area contributed by atoms with Crippen molar-refractivity contribution in [3.8, 4) is 22.3 Å². The summed E-state index contributed by atoms with van der Waals surface area (Å²) < 4.78 is 0. The van der Waals surface area contributed by atoms with Gasteiger partial charge in [0.1, 0.15) is 0 Å². The zero-order valence-corrected chi connectivity index (χ0v) is 27.0. The molecule has 0 radical (unpaired) electrons. The number of hydrogen-bond donors (Lipinski definition) is 2. The summed E-state index contributed by atoms with van der Waals surface area (Å²) in [5.41, 5.74) is 13.6. The summed E-state index contributed by atoms with van der Waals surface area (Å²) in [5.74, 6) is 0. The van der Waals surface area contributed by atoms with Crippen molar-refractivity contribution in [1.29, 1.82) is 0 Å². The highest BCUT2D eigenvalue weighted by molar-refractivity contribution is 6.89. The predicted octanol–water partition coefficient (Wildman–Crippen LogP) is 9.69. The average Bonchev–Trinajstić information content (AvgIpc) is 3.92. The third-order valence-corrected chi connectivity index (χ3v) is 12.1. The summed E-state index contributed by atoms with van der Waals surface area (Å²) in [6, 6.07) is 43.7. The van der Waals surface area contributed by atoms with Crippen LogP contribution in [0.5, 0.6) is 0 Å². The van der Waals surface area contributed by atoms with E-state index in [1.165, 1.54) is 10.8 Å². The maximum Gasteiger partial charge on any atom is 0.0850 e. The Labute approximate surface area is 269 Å². The Morgan fingerprint density at radius 3 is 1.41 bits per heavy atom. The zero-order valence-electron chi connectivity index (χ0n) is 26.0. The lowest BCUT2D eigenvalue weighted by molar-refractivity contribution is 1.17. The van der Waals surface area contributed by atoms with Gasteiger partial charge < -0.3 is 9.97 Å². The molecule has 2 aliphatic heterocycles. The first-order valence-electron chi connectivity index (χ1n) is 15.8.